The van der Waals surface area contributed by atoms with E-state index in [-0.39, 0.29) is 5.54 Å². The molecule has 0 amide bonds. The van der Waals surface area contributed by atoms with Crippen molar-refractivity contribution < 1.29 is 0 Å². The number of fused-ring (bicyclic) bond motifs is 1. The van der Waals surface area contributed by atoms with E-state index in [4.69, 9.17) is 5.73 Å². The van der Waals surface area contributed by atoms with E-state index in [1.807, 2.05) is 0 Å². The van der Waals surface area contributed by atoms with Gasteiger partial charge in [-0.05, 0) is 42.3 Å². The second kappa shape index (κ2) is 6.28. The van der Waals surface area contributed by atoms with Gasteiger partial charge >= 0.3 is 0 Å². The normalized spacial score (nSPS) is 26.1. The molecule has 1 aliphatic rings. The van der Waals surface area contributed by atoms with Gasteiger partial charge < -0.3 is 5.73 Å². The van der Waals surface area contributed by atoms with Crippen LogP contribution in [0.15, 0.2) is 24.3 Å². The van der Waals surface area contributed by atoms with Gasteiger partial charge in [0.15, 0.2) is 0 Å². The van der Waals surface area contributed by atoms with Gasteiger partial charge in [-0.2, -0.15) is 0 Å². The van der Waals surface area contributed by atoms with Crippen molar-refractivity contribution in [3.63, 3.8) is 0 Å². The van der Waals surface area contributed by atoms with Crippen molar-refractivity contribution in [2.75, 3.05) is 19.6 Å². The fourth-order valence-electron chi connectivity index (χ4n) is 3.81. The zero-order valence-electron chi connectivity index (χ0n) is 13.5. The minimum atomic E-state index is 0.0438. The van der Waals surface area contributed by atoms with Crippen LogP contribution >= 0.6 is 0 Å². The summed E-state index contributed by atoms with van der Waals surface area (Å²) in [4.78, 5) is 2.61. The fourth-order valence-corrected chi connectivity index (χ4v) is 3.81. The third-order valence-electron chi connectivity index (χ3n) is 4.89. The SMILES string of the molecule is CCN(CC(C)C)C1(CN)CCC(C)c2ccccc21. The van der Waals surface area contributed by atoms with Gasteiger partial charge in [0.2, 0.25) is 0 Å². The molecular formula is C18H30N2. The highest BCUT2D eigenvalue weighted by atomic mass is 15.2. The van der Waals surface area contributed by atoms with Crippen molar-refractivity contribution in [2.45, 2.75) is 52.0 Å². The summed E-state index contributed by atoms with van der Waals surface area (Å²) in [6, 6.07) is 8.94. The Kier molecular flexibility index (Phi) is 4.87. The van der Waals surface area contributed by atoms with Gasteiger partial charge in [0.05, 0.1) is 5.54 Å². The first-order valence-corrected chi connectivity index (χ1v) is 8.09. The van der Waals surface area contributed by atoms with E-state index in [2.05, 4.69) is 56.9 Å². The summed E-state index contributed by atoms with van der Waals surface area (Å²) in [5.74, 6) is 1.33. The average Bonchev–Trinajstić information content (AvgIpc) is 2.46. The molecule has 2 nitrogen and oxygen atoms in total. The molecule has 0 aliphatic heterocycles. The highest BCUT2D eigenvalue weighted by molar-refractivity contribution is 5.39. The Balaban J connectivity index is 2.47. The molecule has 0 saturated heterocycles. The minimum absolute atomic E-state index is 0.0438. The Hall–Kier alpha value is -0.860. The zero-order chi connectivity index (χ0) is 14.8. The molecule has 2 rings (SSSR count). The van der Waals surface area contributed by atoms with Crippen LogP contribution in [0.1, 0.15) is 57.6 Å². The van der Waals surface area contributed by atoms with Crippen molar-refractivity contribution >= 4 is 0 Å². The number of benzene rings is 1. The van der Waals surface area contributed by atoms with E-state index in [9.17, 15) is 0 Å². The molecule has 2 heteroatoms. The van der Waals surface area contributed by atoms with Crippen LogP contribution in [0.3, 0.4) is 0 Å². The number of nitrogens with two attached hydrogens (primary N) is 1. The van der Waals surface area contributed by atoms with Crippen LogP contribution in [0.2, 0.25) is 0 Å². The first-order chi connectivity index (χ1) is 9.55. The predicted molar refractivity (Wildman–Crippen MR) is 86.9 cm³/mol. The lowest BCUT2D eigenvalue weighted by Gasteiger charge is -2.49. The molecule has 2 atom stereocenters. The Morgan fingerprint density at radius 2 is 2.05 bits per heavy atom. The first kappa shape index (κ1) is 15.5. The summed E-state index contributed by atoms with van der Waals surface area (Å²) in [5.41, 5.74) is 9.33. The lowest BCUT2D eigenvalue weighted by Crippen LogP contribution is -2.54. The maximum atomic E-state index is 6.31. The summed E-state index contributed by atoms with van der Waals surface area (Å²) in [5, 5.41) is 0. The standard InChI is InChI=1S/C18H30N2/c1-5-20(12-14(2)3)18(13-19)11-10-15(4)16-8-6-7-9-17(16)18/h6-9,14-15H,5,10-13,19H2,1-4H3. The smallest absolute Gasteiger partial charge is 0.0586 e. The molecule has 2 N–H and O–H groups in total. The molecule has 0 spiro atoms. The number of likely N-dealkylation sites (N-methyl/N-ethyl adjacent to an activating group) is 1. The molecule has 0 saturated carbocycles. The summed E-state index contributed by atoms with van der Waals surface area (Å²) < 4.78 is 0. The van der Waals surface area contributed by atoms with Gasteiger partial charge in [0.25, 0.3) is 0 Å². The number of rotatable bonds is 5. The first-order valence-electron chi connectivity index (χ1n) is 8.09. The monoisotopic (exact) mass is 274 g/mol. The van der Waals surface area contributed by atoms with Crippen molar-refractivity contribution in [2.24, 2.45) is 11.7 Å². The predicted octanol–water partition coefficient (Wildman–Crippen LogP) is 3.72. The molecule has 2 unspecified atom stereocenters. The summed E-state index contributed by atoms with van der Waals surface area (Å²) in [6.07, 6.45) is 2.42. The van der Waals surface area contributed by atoms with Crippen molar-refractivity contribution in [3.05, 3.63) is 35.4 Å². The van der Waals surface area contributed by atoms with Crippen LogP contribution in [0.4, 0.5) is 0 Å². The van der Waals surface area contributed by atoms with Crippen LogP contribution in [-0.2, 0) is 5.54 Å². The lowest BCUT2D eigenvalue weighted by molar-refractivity contribution is 0.0643. The summed E-state index contributed by atoms with van der Waals surface area (Å²) >= 11 is 0. The maximum Gasteiger partial charge on any atom is 0.0586 e. The van der Waals surface area contributed by atoms with Crippen LogP contribution in [0.25, 0.3) is 0 Å². The van der Waals surface area contributed by atoms with Crippen LogP contribution in [0.5, 0.6) is 0 Å². The largest absolute Gasteiger partial charge is 0.328 e. The molecule has 1 aromatic carbocycles. The van der Waals surface area contributed by atoms with E-state index in [1.165, 1.54) is 24.0 Å². The quantitative estimate of drug-likeness (QED) is 0.886. The molecule has 1 aromatic rings. The van der Waals surface area contributed by atoms with Gasteiger partial charge in [-0.15, -0.1) is 0 Å². The van der Waals surface area contributed by atoms with Crippen molar-refractivity contribution in [1.29, 1.82) is 0 Å². The fraction of sp³-hybridized carbons (Fsp3) is 0.667. The van der Waals surface area contributed by atoms with Gasteiger partial charge in [-0.1, -0.05) is 52.0 Å². The molecule has 0 bridgehead atoms. The van der Waals surface area contributed by atoms with Crippen LogP contribution in [0, 0.1) is 5.92 Å². The third-order valence-corrected chi connectivity index (χ3v) is 4.89. The Morgan fingerprint density at radius 3 is 2.65 bits per heavy atom. The maximum absolute atomic E-state index is 6.31. The van der Waals surface area contributed by atoms with Gasteiger partial charge in [-0.3, -0.25) is 4.90 Å². The molecule has 112 valence electrons. The van der Waals surface area contributed by atoms with E-state index in [0.29, 0.717) is 11.8 Å². The topological polar surface area (TPSA) is 29.3 Å². The highest BCUT2D eigenvalue weighted by Crippen LogP contribution is 2.44. The third kappa shape index (κ3) is 2.64. The van der Waals surface area contributed by atoms with Gasteiger partial charge in [-0.25, -0.2) is 0 Å². The zero-order valence-corrected chi connectivity index (χ0v) is 13.5. The lowest BCUT2D eigenvalue weighted by atomic mass is 9.71. The van der Waals surface area contributed by atoms with E-state index in [1.54, 1.807) is 0 Å². The Morgan fingerprint density at radius 1 is 1.35 bits per heavy atom. The average molecular weight is 274 g/mol. The van der Waals surface area contributed by atoms with E-state index < -0.39 is 0 Å². The molecule has 20 heavy (non-hydrogen) atoms. The molecule has 1 aliphatic carbocycles. The Labute approximate surface area is 124 Å². The van der Waals surface area contributed by atoms with E-state index in [0.717, 1.165) is 19.6 Å². The number of nitrogens with zero attached hydrogens (tertiary/aromatic N) is 1. The molecule has 0 heterocycles. The molecular weight excluding hydrogens is 244 g/mol. The second-order valence-electron chi connectivity index (χ2n) is 6.70. The minimum Gasteiger partial charge on any atom is -0.328 e. The van der Waals surface area contributed by atoms with E-state index >= 15 is 0 Å². The second-order valence-corrected chi connectivity index (χ2v) is 6.70. The molecule has 0 fully saturated rings. The molecule has 0 radical (unpaired) electrons. The Bertz CT molecular complexity index is 441. The van der Waals surface area contributed by atoms with Crippen LogP contribution < -0.4 is 5.73 Å². The number of hydrogen-bond donors (Lipinski definition) is 1. The van der Waals surface area contributed by atoms with Crippen molar-refractivity contribution in [3.8, 4) is 0 Å². The molecule has 0 aromatic heterocycles. The summed E-state index contributed by atoms with van der Waals surface area (Å²) in [6.45, 7) is 12.1. The van der Waals surface area contributed by atoms with Gasteiger partial charge in [0, 0.05) is 13.1 Å². The van der Waals surface area contributed by atoms with Crippen molar-refractivity contribution in [1.82, 2.24) is 4.90 Å². The van der Waals surface area contributed by atoms with Crippen LogP contribution in [-0.4, -0.2) is 24.5 Å². The highest BCUT2D eigenvalue weighted by Gasteiger charge is 2.41. The summed E-state index contributed by atoms with van der Waals surface area (Å²) in [7, 11) is 0. The van der Waals surface area contributed by atoms with Gasteiger partial charge in [0.1, 0.15) is 0 Å². The number of hydrogen-bond acceptors (Lipinski definition) is 2.